The van der Waals surface area contributed by atoms with Crippen molar-refractivity contribution in [1.29, 1.82) is 0 Å². The van der Waals surface area contributed by atoms with Crippen molar-refractivity contribution in [2.75, 3.05) is 34.0 Å². The number of ether oxygens (including phenoxy) is 4. The van der Waals surface area contributed by atoms with Crippen LogP contribution in [0.25, 0.3) is 5.70 Å². The third-order valence-corrected chi connectivity index (χ3v) is 7.86. The number of carbonyl (C=O) groups excluding carboxylic acids is 2. The minimum atomic E-state index is -0.681. The second kappa shape index (κ2) is 12.6. The largest absolute Gasteiger partial charge is 0.493 e. The highest BCUT2D eigenvalue weighted by molar-refractivity contribution is 8.16. The average Bonchev–Trinajstić information content (AvgIpc) is 3.65. The Hall–Kier alpha value is -3.76. The smallest absolute Gasteiger partial charge is 0.338 e. The molecule has 0 bridgehead atoms. The van der Waals surface area contributed by atoms with Crippen LogP contribution in [0.5, 0.6) is 11.5 Å². The summed E-state index contributed by atoms with van der Waals surface area (Å²) in [6.07, 6.45) is 2.10. The molecule has 40 heavy (non-hydrogen) atoms. The number of amidine groups is 1. The number of rotatable bonds is 10. The summed E-state index contributed by atoms with van der Waals surface area (Å²) in [6, 6.07) is 14.4. The minimum Gasteiger partial charge on any atom is -0.493 e. The minimum absolute atomic E-state index is 0.0450. The first-order valence-electron chi connectivity index (χ1n) is 13.3. The molecule has 2 aromatic carbocycles. The first kappa shape index (κ1) is 27.8. The Kier molecular flexibility index (Phi) is 8.76. The summed E-state index contributed by atoms with van der Waals surface area (Å²) in [5.74, 6) is 0.401. The van der Waals surface area contributed by atoms with Crippen molar-refractivity contribution in [3.05, 3.63) is 76.3 Å². The number of nitrogens with zero attached hydrogens (tertiary/aromatic N) is 2. The van der Waals surface area contributed by atoms with Crippen molar-refractivity contribution in [3.63, 3.8) is 0 Å². The lowest BCUT2D eigenvalue weighted by Crippen LogP contribution is -2.39. The van der Waals surface area contributed by atoms with Crippen LogP contribution in [-0.2, 0) is 19.1 Å². The fourth-order valence-corrected chi connectivity index (χ4v) is 6.09. The van der Waals surface area contributed by atoms with E-state index in [9.17, 15) is 9.59 Å². The van der Waals surface area contributed by atoms with Gasteiger partial charge in [0.25, 0.3) is 0 Å². The number of aliphatic imine (C=N–C) groups is 1. The Morgan fingerprint density at radius 1 is 1.12 bits per heavy atom. The van der Waals surface area contributed by atoms with E-state index in [4.69, 9.17) is 23.9 Å². The molecule has 1 amide bonds. The van der Waals surface area contributed by atoms with E-state index in [1.807, 2.05) is 52.8 Å². The van der Waals surface area contributed by atoms with E-state index in [-0.39, 0.29) is 25.0 Å². The van der Waals surface area contributed by atoms with E-state index < -0.39 is 12.0 Å². The average molecular weight is 564 g/mol. The van der Waals surface area contributed by atoms with Gasteiger partial charge in [-0.25, -0.2) is 9.79 Å². The van der Waals surface area contributed by atoms with Gasteiger partial charge in [-0.15, -0.1) is 0 Å². The van der Waals surface area contributed by atoms with E-state index in [2.05, 4.69) is 5.32 Å². The van der Waals surface area contributed by atoms with Gasteiger partial charge in [0, 0.05) is 30.0 Å². The molecule has 10 heteroatoms. The van der Waals surface area contributed by atoms with Crippen LogP contribution in [0.1, 0.15) is 43.4 Å². The molecule has 3 aliphatic heterocycles. The molecule has 0 aromatic heterocycles. The molecule has 3 aliphatic rings. The van der Waals surface area contributed by atoms with Crippen molar-refractivity contribution in [1.82, 2.24) is 10.2 Å². The number of hydrogen-bond acceptors (Lipinski definition) is 9. The van der Waals surface area contributed by atoms with Gasteiger partial charge in [0.15, 0.2) is 16.7 Å². The number of para-hydroxylation sites is 1. The van der Waals surface area contributed by atoms with Crippen molar-refractivity contribution >= 4 is 34.5 Å². The van der Waals surface area contributed by atoms with Crippen molar-refractivity contribution < 1.29 is 28.5 Å². The standard InChI is InChI=1S/C30H33N3O6S/c1-4-38-29(35)25-26(19-10-6-5-7-11-19)32-30-33(27(25)22-13-8-14-23(36-2)28(22)37-3)20(18-40-30)16-24(34)31-17-21-12-9-15-39-21/h5-8,10-11,13-14,18,21,27H,4,9,12,15-17H2,1-3H3,(H,31,34)/t21-,27+/m0/s1. The van der Waals surface area contributed by atoms with Gasteiger partial charge in [-0.05, 0) is 31.2 Å². The number of carbonyl (C=O) groups is 2. The maximum absolute atomic E-state index is 13.7. The summed E-state index contributed by atoms with van der Waals surface area (Å²) in [7, 11) is 3.14. The summed E-state index contributed by atoms with van der Waals surface area (Å²) in [6.45, 7) is 3.17. The quantitative estimate of drug-likeness (QED) is 0.417. The third-order valence-electron chi connectivity index (χ3n) is 6.97. The zero-order valence-electron chi connectivity index (χ0n) is 22.8. The van der Waals surface area contributed by atoms with Gasteiger partial charge in [-0.1, -0.05) is 54.2 Å². The van der Waals surface area contributed by atoms with E-state index in [0.717, 1.165) is 30.7 Å². The first-order chi connectivity index (χ1) is 19.5. The molecule has 0 aliphatic carbocycles. The molecule has 2 atom stereocenters. The molecule has 0 radical (unpaired) electrons. The topological polar surface area (TPSA) is 98.7 Å². The molecule has 5 rings (SSSR count). The predicted octanol–water partition coefficient (Wildman–Crippen LogP) is 4.66. The van der Waals surface area contributed by atoms with E-state index in [0.29, 0.717) is 40.0 Å². The van der Waals surface area contributed by atoms with E-state index in [1.54, 1.807) is 27.2 Å². The monoisotopic (exact) mass is 563 g/mol. The first-order valence-corrected chi connectivity index (χ1v) is 14.2. The number of nitrogens with one attached hydrogen (secondary N) is 1. The number of esters is 1. The number of thioether (sulfide) groups is 1. The van der Waals surface area contributed by atoms with Crippen LogP contribution in [0.4, 0.5) is 0 Å². The van der Waals surface area contributed by atoms with Crippen LogP contribution in [0.2, 0.25) is 0 Å². The van der Waals surface area contributed by atoms with Gasteiger partial charge in [0.2, 0.25) is 5.91 Å². The predicted molar refractivity (Wildman–Crippen MR) is 154 cm³/mol. The summed E-state index contributed by atoms with van der Waals surface area (Å²) >= 11 is 1.42. The maximum atomic E-state index is 13.7. The number of amides is 1. The summed E-state index contributed by atoms with van der Waals surface area (Å²) in [5.41, 5.74) is 3.07. The lowest BCUT2D eigenvalue weighted by molar-refractivity contribution is -0.139. The molecule has 1 saturated heterocycles. The Morgan fingerprint density at radius 3 is 2.65 bits per heavy atom. The molecule has 1 N–H and O–H groups in total. The second-order valence-corrected chi connectivity index (χ2v) is 10.3. The Morgan fingerprint density at radius 2 is 1.95 bits per heavy atom. The van der Waals surface area contributed by atoms with E-state index in [1.165, 1.54) is 11.8 Å². The van der Waals surface area contributed by atoms with Crippen molar-refractivity contribution in [2.45, 2.75) is 38.3 Å². The maximum Gasteiger partial charge on any atom is 0.338 e. The summed E-state index contributed by atoms with van der Waals surface area (Å²) < 4.78 is 22.7. The fourth-order valence-electron chi connectivity index (χ4n) is 5.17. The Labute approximate surface area is 238 Å². The molecule has 0 unspecified atom stereocenters. The zero-order valence-corrected chi connectivity index (χ0v) is 23.7. The Bertz CT molecular complexity index is 1350. The van der Waals surface area contributed by atoms with Crippen LogP contribution >= 0.6 is 11.8 Å². The highest BCUT2D eigenvalue weighted by Gasteiger charge is 2.44. The van der Waals surface area contributed by atoms with Gasteiger partial charge in [-0.2, -0.15) is 0 Å². The van der Waals surface area contributed by atoms with Gasteiger partial charge < -0.3 is 29.2 Å². The fraction of sp³-hybridized carbons (Fsp3) is 0.367. The van der Waals surface area contributed by atoms with Crippen LogP contribution in [0, 0.1) is 0 Å². The number of methoxy groups -OCH3 is 2. The SMILES string of the molecule is CCOC(=O)C1=C(c2ccccc2)N=C2SC=C(CC(=O)NC[C@@H]3CCCO3)N2[C@@H]1c1cccc(OC)c1OC. The molecule has 2 aromatic rings. The lowest BCUT2D eigenvalue weighted by Gasteiger charge is -2.37. The van der Waals surface area contributed by atoms with Crippen LogP contribution in [-0.4, -0.2) is 62.0 Å². The summed E-state index contributed by atoms with van der Waals surface area (Å²) in [4.78, 5) is 33.7. The number of fused-ring (bicyclic) bond motifs is 1. The lowest BCUT2D eigenvalue weighted by atomic mass is 9.90. The third kappa shape index (κ3) is 5.59. The second-order valence-electron chi connectivity index (χ2n) is 9.44. The highest BCUT2D eigenvalue weighted by atomic mass is 32.2. The van der Waals surface area contributed by atoms with E-state index >= 15 is 0 Å². The molecule has 3 heterocycles. The van der Waals surface area contributed by atoms with Crippen molar-refractivity contribution in [2.24, 2.45) is 4.99 Å². The van der Waals surface area contributed by atoms with Gasteiger partial charge >= 0.3 is 5.97 Å². The molecule has 9 nitrogen and oxygen atoms in total. The normalized spacial score (nSPS) is 20.0. The van der Waals surface area contributed by atoms with Gasteiger partial charge in [0.05, 0.1) is 50.7 Å². The van der Waals surface area contributed by atoms with Crippen LogP contribution in [0.15, 0.2) is 70.2 Å². The molecule has 0 spiro atoms. The van der Waals surface area contributed by atoms with Crippen LogP contribution in [0.3, 0.4) is 0 Å². The molecule has 0 saturated carbocycles. The zero-order chi connectivity index (χ0) is 28.1. The van der Waals surface area contributed by atoms with Crippen LogP contribution < -0.4 is 14.8 Å². The highest BCUT2D eigenvalue weighted by Crippen LogP contribution is 2.50. The molecular weight excluding hydrogens is 530 g/mol. The van der Waals surface area contributed by atoms with Gasteiger partial charge in [-0.3, -0.25) is 4.79 Å². The van der Waals surface area contributed by atoms with Crippen molar-refractivity contribution in [3.8, 4) is 11.5 Å². The number of hydrogen-bond donors (Lipinski definition) is 1. The molecule has 210 valence electrons. The summed E-state index contributed by atoms with van der Waals surface area (Å²) in [5, 5.41) is 5.58. The Balaban J connectivity index is 1.59. The molecular formula is C30H33N3O6S. The molecule has 1 fully saturated rings. The number of benzene rings is 2. The van der Waals surface area contributed by atoms with Gasteiger partial charge in [0.1, 0.15) is 0 Å².